The van der Waals surface area contributed by atoms with E-state index in [0.29, 0.717) is 24.2 Å². The van der Waals surface area contributed by atoms with E-state index in [0.717, 1.165) is 9.48 Å². The predicted octanol–water partition coefficient (Wildman–Crippen LogP) is 2.36. The monoisotopic (exact) mass is 369 g/mol. The molecule has 0 spiro atoms. The number of benzene rings is 1. The van der Waals surface area contributed by atoms with E-state index in [4.69, 9.17) is 10.8 Å². The Morgan fingerprint density at radius 3 is 2.81 bits per heavy atom. The number of aromatic carboxylic acids is 1. The Morgan fingerprint density at radius 2 is 2.19 bits per heavy atom. The van der Waals surface area contributed by atoms with Crippen LogP contribution in [0.1, 0.15) is 25.9 Å². The standard InChI is InChI=1S/C13H12BrN3O3S/c14-7-1-2-8(12(15)18)9(5-7)16-4-3-11-17-10(6-21-11)13(19)20/h1-2,5-6,16H,3-4H2,(H2,15,18)(H,19,20). The number of halogens is 1. The van der Waals surface area contributed by atoms with Gasteiger partial charge in [-0.05, 0) is 18.2 Å². The van der Waals surface area contributed by atoms with Crippen LogP contribution < -0.4 is 11.1 Å². The van der Waals surface area contributed by atoms with Gasteiger partial charge in [0, 0.05) is 28.5 Å². The number of primary amides is 1. The fourth-order valence-electron chi connectivity index (χ4n) is 1.71. The molecule has 6 nitrogen and oxygen atoms in total. The molecule has 1 aromatic heterocycles. The van der Waals surface area contributed by atoms with Crippen molar-refractivity contribution in [3.05, 3.63) is 44.3 Å². The molecule has 0 bridgehead atoms. The van der Waals surface area contributed by atoms with Gasteiger partial charge in [-0.2, -0.15) is 0 Å². The number of thiazole rings is 1. The van der Waals surface area contributed by atoms with Gasteiger partial charge in [-0.3, -0.25) is 4.79 Å². The van der Waals surface area contributed by atoms with Crippen molar-refractivity contribution in [1.82, 2.24) is 4.98 Å². The van der Waals surface area contributed by atoms with Crippen LogP contribution in [-0.2, 0) is 6.42 Å². The molecule has 0 atom stereocenters. The number of hydrogen-bond donors (Lipinski definition) is 3. The topological polar surface area (TPSA) is 105 Å². The number of anilines is 1. The van der Waals surface area contributed by atoms with Crippen molar-refractivity contribution in [3.8, 4) is 0 Å². The Hall–Kier alpha value is -1.93. The smallest absolute Gasteiger partial charge is 0.355 e. The second-order valence-electron chi connectivity index (χ2n) is 4.16. The highest BCUT2D eigenvalue weighted by molar-refractivity contribution is 9.10. The molecule has 1 heterocycles. The summed E-state index contributed by atoms with van der Waals surface area (Å²) in [5.41, 5.74) is 6.40. The van der Waals surface area contributed by atoms with Gasteiger partial charge < -0.3 is 16.2 Å². The fourth-order valence-corrected chi connectivity index (χ4v) is 2.84. The van der Waals surface area contributed by atoms with Crippen LogP contribution in [0.15, 0.2) is 28.1 Å². The third kappa shape index (κ3) is 4.02. The number of aromatic nitrogens is 1. The fraction of sp³-hybridized carbons (Fsp3) is 0.154. The highest BCUT2D eigenvalue weighted by atomic mass is 79.9. The molecule has 1 aromatic carbocycles. The van der Waals surface area contributed by atoms with E-state index in [1.54, 1.807) is 18.2 Å². The molecule has 21 heavy (non-hydrogen) atoms. The van der Waals surface area contributed by atoms with E-state index in [9.17, 15) is 9.59 Å². The number of amides is 1. The summed E-state index contributed by atoms with van der Waals surface area (Å²) >= 11 is 4.63. The van der Waals surface area contributed by atoms with Gasteiger partial charge in [-0.1, -0.05) is 15.9 Å². The summed E-state index contributed by atoms with van der Waals surface area (Å²) in [7, 11) is 0. The summed E-state index contributed by atoms with van der Waals surface area (Å²) in [6.45, 7) is 0.517. The molecular weight excluding hydrogens is 358 g/mol. The molecule has 0 aliphatic heterocycles. The van der Waals surface area contributed by atoms with Crippen LogP contribution in [0, 0.1) is 0 Å². The Kier molecular flexibility index (Phi) is 4.92. The first-order valence-corrected chi connectivity index (χ1v) is 7.65. The lowest BCUT2D eigenvalue weighted by molar-refractivity contribution is 0.0691. The Labute approximate surface area is 133 Å². The van der Waals surface area contributed by atoms with Crippen molar-refractivity contribution < 1.29 is 14.7 Å². The summed E-state index contributed by atoms with van der Waals surface area (Å²) in [6, 6.07) is 5.15. The lowest BCUT2D eigenvalue weighted by Gasteiger charge is -2.09. The van der Waals surface area contributed by atoms with Crippen LogP contribution in [-0.4, -0.2) is 28.5 Å². The first kappa shape index (κ1) is 15.5. The maximum absolute atomic E-state index is 11.3. The highest BCUT2D eigenvalue weighted by Gasteiger charge is 2.10. The molecular formula is C13H12BrN3O3S. The molecule has 0 saturated carbocycles. The van der Waals surface area contributed by atoms with Crippen molar-refractivity contribution in [1.29, 1.82) is 0 Å². The molecule has 0 saturated heterocycles. The Bertz CT molecular complexity index is 687. The SMILES string of the molecule is NC(=O)c1ccc(Br)cc1NCCc1nc(C(=O)O)cs1. The minimum atomic E-state index is -1.03. The second-order valence-corrected chi connectivity index (χ2v) is 6.02. The molecule has 2 rings (SSSR count). The molecule has 4 N–H and O–H groups in total. The van der Waals surface area contributed by atoms with E-state index in [1.807, 2.05) is 0 Å². The second kappa shape index (κ2) is 6.68. The molecule has 1 amide bonds. The highest BCUT2D eigenvalue weighted by Crippen LogP contribution is 2.21. The van der Waals surface area contributed by atoms with Gasteiger partial charge in [0.15, 0.2) is 5.69 Å². The van der Waals surface area contributed by atoms with Crippen molar-refractivity contribution >= 4 is 44.8 Å². The molecule has 2 aromatic rings. The first-order chi connectivity index (χ1) is 9.97. The van der Waals surface area contributed by atoms with Crippen LogP contribution in [0.2, 0.25) is 0 Å². The van der Waals surface area contributed by atoms with E-state index in [1.165, 1.54) is 16.7 Å². The summed E-state index contributed by atoms with van der Waals surface area (Å²) in [5.74, 6) is -1.54. The number of rotatable bonds is 6. The van der Waals surface area contributed by atoms with Crippen LogP contribution >= 0.6 is 27.3 Å². The van der Waals surface area contributed by atoms with Crippen molar-refractivity contribution in [2.45, 2.75) is 6.42 Å². The molecule has 0 radical (unpaired) electrons. The maximum Gasteiger partial charge on any atom is 0.355 e. The zero-order chi connectivity index (χ0) is 15.4. The van der Waals surface area contributed by atoms with E-state index in [-0.39, 0.29) is 5.69 Å². The maximum atomic E-state index is 11.3. The predicted molar refractivity (Wildman–Crippen MR) is 83.9 cm³/mol. The number of carbonyl (C=O) groups is 2. The van der Waals surface area contributed by atoms with Gasteiger partial charge >= 0.3 is 5.97 Å². The van der Waals surface area contributed by atoms with Gasteiger partial charge in [0.1, 0.15) is 0 Å². The Balaban J connectivity index is 2.01. The lowest BCUT2D eigenvalue weighted by atomic mass is 10.1. The Morgan fingerprint density at radius 1 is 1.43 bits per heavy atom. The summed E-state index contributed by atoms with van der Waals surface area (Å²) in [6.07, 6.45) is 0.558. The number of hydrogen-bond acceptors (Lipinski definition) is 5. The number of nitrogens with zero attached hydrogens (tertiary/aromatic N) is 1. The minimum absolute atomic E-state index is 0.0512. The van der Waals surface area contributed by atoms with Gasteiger partial charge in [0.25, 0.3) is 5.91 Å². The first-order valence-electron chi connectivity index (χ1n) is 5.98. The van der Waals surface area contributed by atoms with Crippen LogP contribution in [0.5, 0.6) is 0 Å². The molecule has 110 valence electrons. The summed E-state index contributed by atoms with van der Waals surface area (Å²) < 4.78 is 0.831. The largest absolute Gasteiger partial charge is 0.476 e. The quantitative estimate of drug-likeness (QED) is 0.724. The molecule has 0 fully saturated rings. The van der Waals surface area contributed by atoms with Crippen molar-refractivity contribution in [3.63, 3.8) is 0 Å². The lowest BCUT2D eigenvalue weighted by Crippen LogP contribution is -2.15. The number of nitrogens with two attached hydrogens (primary N) is 1. The van der Waals surface area contributed by atoms with Crippen molar-refractivity contribution in [2.24, 2.45) is 5.73 Å². The normalized spacial score (nSPS) is 10.3. The van der Waals surface area contributed by atoms with E-state index < -0.39 is 11.9 Å². The zero-order valence-corrected chi connectivity index (χ0v) is 13.2. The third-order valence-corrected chi connectivity index (χ3v) is 4.07. The zero-order valence-electron chi connectivity index (χ0n) is 10.8. The van der Waals surface area contributed by atoms with Crippen LogP contribution in [0.25, 0.3) is 0 Å². The number of nitrogens with one attached hydrogen (secondary N) is 1. The average Bonchev–Trinajstić information content (AvgIpc) is 2.87. The van der Waals surface area contributed by atoms with E-state index >= 15 is 0 Å². The molecule has 8 heteroatoms. The summed E-state index contributed by atoms with van der Waals surface area (Å²) in [4.78, 5) is 26.1. The van der Waals surface area contributed by atoms with Crippen LogP contribution in [0.4, 0.5) is 5.69 Å². The number of carboxylic acids is 1. The number of carboxylic acid groups (broad SMARTS) is 1. The van der Waals surface area contributed by atoms with Crippen LogP contribution in [0.3, 0.4) is 0 Å². The van der Waals surface area contributed by atoms with E-state index in [2.05, 4.69) is 26.2 Å². The molecule has 0 unspecified atom stereocenters. The van der Waals surface area contributed by atoms with Gasteiger partial charge in [0.05, 0.1) is 10.6 Å². The van der Waals surface area contributed by atoms with Gasteiger partial charge in [0.2, 0.25) is 0 Å². The summed E-state index contributed by atoms with van der Waals surface area (Å²) in [5, 5.41) is 14.1. The molecule has 0 aliphatic carbocycles. The average molecular weight is 370 g/mol. The van der Waals surface area contributed by atoms with Crippen molar-refractivity contribution in [2.75, 3.05) is 11.9 Å². The molecule has 0 aliphatic rings. The third-order valence-electron chi connectivity index (χ3n) is 2.67. The van der Waals surface area contributed by atoms with Gasteiger partial charge in [-0.15, -0.1) is 11.3 Å². The number of carbonyl (C=O) groups excluding carboxylic acids is 1. The minimum Gasteiger partial charge on any atom is -0.476 e. The van der Waals surface area contributed by atoms with Gasteiger partial charge in [-0.25, -0.2) is 9.78 Å².